The van der Waals surface area contributed by atoms with Gasteiger partial charge in [0.2, 0.25) is 11.8 Å². The summed E-state index contributed by atoms with van der Waals surface area (Å²) in [6.45, 7) is 7.70. The van der Waals surface area contributed by atoms with E-state index in [9.17, 15) is 19.2 Å². The third kappa shape index (κ3) is 5.93. The summed E-state index contributed by atoms with van der Waals surface area (Å²) < 4.78 is 0. The van der Waals surface area contributed by atoms with Gasteiger partial charge in [-0.2, -0.15) is 0 Å². The highest BCUT2D eigenvalue weighted by atomic mass is 16.2. The zero-order valence-electron chi connectivity index (χ0n) is 23.9. The number of nitrogens with two attached hydrogens (primary N) is 1. The molecule has 41 heavy (non-hydrogen) atoms. The lowest BCUT2D eigenvalue weighted by Crippen LogP contribution is -2.74. The first-order valence-electron chi connectivity index (χ1n) is 14.4. The Morgan fingerprint density at radius 2 is 1.56 bits per heavy atom. The minimum Gasteiger partial charge on any atom is -0.399 e. The highest BCUT2D eigenvalue weighted by molar-refractivity contribution is 6.07. The number of carbonyl (C=O) groups excluding carboxylic acids is 4. The smallest absolute Gasteiger partial charge is 0.261 e. The molecular formula is C31H40N6O4. The minimum absolute atomic E-state index is 0.0739. The van der Waals surface area contributed by atoms with Gasteiger partial charge in [-0.15, -0.1) is 0 Å². The Bertz CT molecular complexity index is 1260. The first kappa shape index (κ1) is 28.6. The molecule has 3 saturated heterocycles. The van der Waals surface area contributed by atoms with Crippen molar-refractivity contribution in [2.24, 2.45) is 5.41 Å². The number of anilines is 3. The molecule has 3 aliphatic rings. The largest absolute Gasteiger partial charge is 0.399 e. The predicted octanol–water partition coefficient (Wildman–Crippen LogP) is 2.14. The molecule has 0 bridgehead atoms. The van der Waals surface area contributed by atoms with E-state index in [1.54, 1.807) is 12.1 Å². The second-order valence-corrected chi connectivity index (χ2v) is 11.7. The number of benzene rings is 2. The van der Waals surface area contributed by atoms with Crippen molar-refractivity contribution in [2.75, 3.05) is 61.8 Å². The number of hydrogen-bond acceptors (Lipinski definition) is 8. The van der Waals surface area contributed by atoms with Crippen LogP contribution in [0, 0.1) is 5.41 Å². The molecule has 10 nitrogen and oxygen atoms in total. The molecule has 3 amide bonds. The Labute approximate surface area is 241 Å². The van der Waals surface area contributed by atoms with Crippen molar-refractivity contribution in [1.82, 2.24) is 15.1 Å². The first-order chi connectivity index (χ1) is 19.7. The van der Waals surface area contributed by atoms with E-state index >= 15 is 0 Å². The maximum atomic E-state index is 13.3. The van der Waals surface area contributed by atoms with E-state index in [4.69, 9.17) is 5.73 Å². The summed E-state index contributed by atoms with van der Waals surface area (Å²) in [5.74, 6) is -1.55. The minimum atomic E-state index is -1.03. The van der Waals surface area contributed by atoms with Gasteiger partial charge in [0.15, 0.2) is 0 Å². The van der Waals surface area contributed by atoms with Gasteiger partial charge in [-0.05, 0) is 67.8 Å². The van der Waals surface area contributed by atoms with Gasteiger partial charge in [0.25, 0.3) is 5.91 Å². The Balaban J connectivity index is 1.12. The van der Waals surface area contributed by atoms with Crippen LogP contribution >= 0.6 is 0 Å². The number of nitrogens with one attached hydrogen (secondary N) is 1. The van der Waals surface area contributed by atoms with E-state index in [1.807, 2.05) is 24.3 Å². The normalized spacial score (nSPS) is 19.2. The molecule has 3 aliphatic heterocycles. The average molecular weight is 561 g/mol. The van der Waals surface area contributed by atoms with Crippen molar-refractivity contribution in [3.63, 3.8) is 0 Å². The topological polar surface area (TPSA) is 119 Å². The number of rotatable bonds is 9. The number of aldehydes is 1. The molecule has 1 spiro atoms. The van der Waals surface area contributed by atoms with Crippen LogP contribution in [0.15, 0.2) is 48.5 Å². The van der Waals surface area contributed by atoms with E-state index in [1.165, 1.54) is 19.7 Å². The van der Waals surface area contributed by atoms with Crippen LogP contribution in [0.4, 0.5) is 17.1 Å². The monoisotopic (exact) mass is 560 g/mol. The maximum absolute atomic E-state index is 13.3. The predicted molar refractivity (Wildman–Crippen MR) is 159 cm³/mol. The number of carbonyl (C=O) groups is 4. The molecule has 0 aliphatic carbocycles. The van der Waals surface area contributed by atoms with Crippen molar-refractivity contribution in [2.45, 2.75) is 44.7 Å². The number of nitrogen functional groups attached to an aromatic ring is 1. The van der Waals surface area contributed by atoms with Gasteiger partial charge in [-0.1, -0.05) is 0 Å². The van der Waals surface area contributed by atoms with E-state index in [0.717, 1.165) is 68.4 Å². The molecule has 3 N–H and O–H groups in total. The summed E-state index contributed by atoms with van der Waals surface area (Å²) in [4.78, 5) is 57.3. The van der Waals surface area contributed by atoms with Crippen LogP contribution in [-0.4, -0.2) is 92.2 Å². The number of nitrogens with zero attached hydrogens (tertiary/aromatic N) is 4. The second-order valence-electron chi connectivity index (χ2n) is 11.7. The Hall–Kier alpha value is -3.92. The molecule has 0 aromatic heterocycles. The summed E-state index contributed by atoms with van der Waals surface area (Å²) in [7, 11) is 1.45. The molecule has 1 unspecified atom stereocenters. The third-order valence-electron chi connectivity index (χ3n) is 8.82. The highest BCUT2D eigenvalue weighted by Gasteiger charge is 2.53. The second kappa shape index (κ2) is 11.9. The number of amides is 3. The molecule has 0 saturated carbocycles. The summed E-state index contributed by atoms with van der Waals surface area (Å²) >= 11 is 0. The van der Waals surface area contributed by atoms with Gasteiger partial charge in [0.05, 0.1) is 0 Å². The number of piperidine rings is 1. The van der Waals surface area contributed by atoms with E-state index in [-0.39, 0.29) is 12.8 Å². The van der Waals surface area contributed by atoms with Gasteiger partial charge < -0.3 is 25.6 Å². The Kier molecular flexibility index (Phi) is 8.30. The molecule has 1 atom stereocenters. The van der Waals surface area contributed by atoms with Crippen molar-refractivity contribution in [3.8, 4) is 0 Å². The first-order valence-corrected chi connectivity index (χ1v) is 14.4. The van der Waals surface area contributed by atoms with Gasteiger partial charge >= 0.3 is 0 Å². The summed E-state index contributed by atoms with van der Waals surface area (Å²) in [5, 5.41) is 2.49. The molecule has 0 radical (unpaired) electrons. The summed E-state index contributed by atoms with van der Waals surface area (Å²) in [5.41, 5.74) is 9.67. The van der Waals surface area contributed by atoms with Gasteiger partial charge in [-0.25, -0.2) is 0 Å². The molecule has 3 heterocycles. The third-order valence-corrected chi connectivity index (χ3v) is 8.82. The number of likely N-dealkylation sites (tertiary alicyclic amines) is 1. The number of imide groups is 1. The zero-order chi connectivity index (χ0) is 29.1. The molecule has 3 fully saturated rings. The summed E-state index contributed by atoms with van der Waals surface area (Å²) in [6, 6.07) is 14.9. The standard InChI is InChI=1S/C31H40N6O4/c1-22(39)37(28(4-3-17-38)29(40)33-2)30(41)23-5-9-25(10-6-23)34-15-13-27(14-16-34)36-20-31(21-36)18-35(19-31)26-11-7-24(32)8-12-26/h5-12,17,27-28H,3-4,13-16,18-21,32H2,1-2H3,(H,33,40). The van der Waals surface area contributed by atoms with Crippen molar-refractivity contribution < 1.29 is 19.2 Å². The van der Waals surface area contributed by atoms with Crippen LogP contribution in [0.3, 0.4) is 0 Å². The molecular weight excluding hydrogens is 520 g/mol. The summed E-state index contributed by atoms with van der Waals surface area (Å²) in [6.07, 6.45) is 3.04. The fourth-order valence-corrected chi connectivity index (χ4v) is 6.62. The molecule has 2 aromatic carbocycles. The average Bonchev–Trinajstić information content (AvgIpc) is 2.94. The lowest BCUT2D eigenvalue weighted by atomic mass is 9.71. The van der Waals surface area contributed by atoms with Gasteiger partial charge in [0.1, 0.15) is 12.3 Å². The fraction of sp³-hybridized carbons (Fsp3) is 0.484. The van der Waals surface area contributed by atoms with Crippen LogP contribution in [0.2, 0.25) is 0 Å². The lowest BCUT2D eigenvalue weighted by molar-refractivity contribution is -0.136. The fourth-order valence-electron chi connectivity index (χ4n) is 6.62. The zero-order valence-corrected chi connectivity index (χ0v) is 23.9. The molecule has 10 heteroatoms. The quantitative estimate of drug-likeness (QED) is 0.354. The van der Waals surface area contributed by atoms with Crippen LogP contribution < -0.4 is 20.9 Å². The van der Waals surface area contributed by atoms with Crippen LogP contribution in [0.1, 0.15) is 43.0 Å². The SMILES string of the molecule is CNC(=O)C(CCC=O)N(C(C)=O)C(=O)c1ccc(N2CCC(N3CC4(CN(c5ccc(N)cc5)C4)C3)CC2)cc1. The van der Waals surface area contributed by atoms with Crippen molar-refractivity contribution in [3.05, 3.63) is 54.1 Å². The van der Waals surface area contributed by atoms with Crippen LogP contribution in [0.25, 0.3) is 0 Å². The van der Waals surface area contributed by atoms with Crippen LogP contribution in [-0.2, 0) is 14.4 Å². The van der Waals surface area contributed by atoms with Gasteiger partial charge in [-0.3, -0.25) is 24.2 Å². The highest BCUT2D eigenvalue weighted by Crippen LogP contribution is 2.44. The van der Waals surface area contributed by atoms with Crippen LogP contribution in [0.5, 0.6) is 0 Å². The Morgan fingerprint density at radius 1 is 0.976 bits per heavy atom. The lowest BCUT2D eigenvalue weighted by Gasteiger charge is -2.63. The molecule has 5 rings (SSSR count). The molecule has 2 aromatic rings. The maximum Gasteiger partial charge on any atom is 0.261 e. The Morgan fingerprint density at radius 3 is 2.12 bits per heavy atom. The number of hydrogen-bond donors (Lipinski definition) is 2. The van der Waals surface area contributed by atoms with E-state index in [0.29, 0.717) is 23.3 Å². The molecule has 218 valence electrons. The van der Waals surface area contributed by atoms with E-state index in [2.05, 4.69) is 32.1 Å². The van der Waals surface area contributed by atoms with Gasteiger partial charge in [0, 0.05) is 93.7 Å². The number of likely N-dealkylation sites (N-methyl/N-ethyl adjacent to an activating group) is 1. The van der Waals surface area contributed by atoms with Crippen molar-refractivity contribution >= 4 is 41.1 Å². The van der Waals surface area contributed by atoms with Crippen molar-refractivity contribution in [1.29, 1.82) is 0 Å². The van der Waals surface area contributed by atoms with E-state index < -0.39 is 23.8 Å².